The van der Waals surface area contributed by atoms with E-state index in [1.807, 2.05) is 45.0 Å². The van der Waals surface area contributed by atoms with Crippen LogP contribution in [-0.4, -0.2) is 28.3 Å². The van der Waals surface area contributed by atoms with Crippen LogP contribution in [0, 0.1) is 12.8 Å². The van der Waals surface area contributed by atoms with Gasteiger partial charge in [0.2, 0.25) is 5.91 Å². The van der Waals surface area contributed by atoms with E-state index in [-0.39, 0.29) is 17.1 Å². The Kier molecular flexibility index (Phi) is 6.75. The summed E-state index contributed by atoms with van der Waals surface area (Å²) in [6.45, 7) is 7.53. The first-order valence-electron chi connectivity index (χ1n) is 7.11. The molecule has 0 aromatic heterocycles. The number of carboxylic acids is 1. The van der Waals surface area contributed by atoms with Gasteiger partial charge in [-0.2, -0.15) is 0 Å². The number of benzene rings is 1. The van der Waals surface area contributed by atoms with Crippen molar-refractivity contribution in [3.05, 3.63) is 29.8 Å². The van der Waals surface area contributed by atoms with Crippen molar-refractivity contribution in [1.82, 2.24) is 5.32 Å². The lowest BCUT2D eigenvalue weighted by Gasteiger charge is -2.22. The van der Waals surface area contributed by atoms with E-state index in [0.29, 0.717) is 6.42 Å². The number of hydrogen-bond donors (Lipinski definition) is 2. The van der Waals surface area contributed by atoms with E-state index >= 15 is 0 Å². The van der Waals surface area contributed by atoms with E-state index in [0.717, 1.165) is 10.5 Å². The molecule has 2 N–H and O–H groups in total. The number of nitrogens with one attached hydrogen (secondary N) is 1. The number of aliphatic carboxylic acids is 1. The third-order valence-corrected chi connectivity index (χ3v) is 4.54. The molecule has 0 aliphatic heterocycles. The molecular formula is C16H23NO3S. The van der Waals surface area contributed by atoms with Gasteiger partial charge in [0.15, 0.2) is 0 Å². The Balaban J connectivity index is 2.67. The zero-order valence-corrected chi connectivity index (χ0v) is 13.7. The molecule has 0 aliphatic rings. The minimum Gasteiger partial charge on any atom is -0.480 e. The number of hydrogen-bond acceptors (Lipinski definition) is 3. The van der Waals surface area contributed by atoms with E-state index in [4.69, 9.17) is 0 Å². The van der Waals surface area contributed by atoms with E-state index in [1.54, 1.807) is 6.92 Å². The zero-order chi connectivity index (χ0) is 16.0. The fourth-order valence-electron chi connectivity index (χ4n) is 1.90. The maximum absolute atomic E-state index is 12.2. The third kappa shape index (κ3) is 5.42. The monoisotopic (exact) mass is 309 g/mol. The molecule has 3 unspecified atom stereocenters. The lowest BCUT2D eigenvalue weighted by molar-refractivity contribution is -0.143. The highest BCUT2D eigenvalue weighted by Crippen LogP contribution is 2.24. The lowest BCUT2D eigenvalue weighted by Crippen LogP contribution is -2.47. The van der Waals surface area contributed by atoms with E-state index in [9.17, 15) is 14.7 Å². The SMILES string of the molecule is CCC(C)C(NC(=O)C(C)Sc1cccc(C)c1)C(=O)O. The van der Waals surface area contributed by atoms with Gasteiger partial charge in [0.25, 0.3) is 0 Å². The van der Waals surface area contributed by atoms with Crippen LogP contribution < -0.4 is 5.32 Å². The minimum absolute atomic E-state index is 0.0948. The molecule has 0 saturated carbocycles. The zero-order valence-electron chi connectivity index (χ0n) is 12.9. The topological polar surface area (TPSA) is 66.4 Å². The van der Waals surface area contributed by atoms with Gasteiger partial charge in [-0.1, -0.05) is 38.0 Å². The summed E-state index contributed by atoms with van der Waals surface area (Å²) in [5.74, 6) is -1.32. The molecule has 0 heterocycles. The van der Waals surface area contributed by atoms with E-state index < -0.39 is 12.0 Å². The molecule has 5 heteroatoms. The number of rotatable bonds is 7. The average molecular weight is 309 g/mol. The summed E-state index contributed by atoms with van der Waals surface area (Å²) in [4.78, 5) is 24.4. The van der Waals surface area contributed by atoms with Crippen LogP contribution in [0.3, 0.4) is 0 Å². The van der Waals surface area contributed by atoms with Gasteiger partial charge in [0.05, 0.1) is 5.25 Å². The molecular weight excluding hydrogens is 286 g/mol. The standard InChI is InChI=1S/C16H23NO3S/c1-5-11(3)14(16(19)20)17-15(18)12(4)21-13-8-6-7-10(2)9-13/h6-9,11-12,14H,5H2,1-4H3,(H,17,18)(H,19,20). The first kappa shape index (κ1) is 17.6. The van der Waals surface area contributed by atoms with Gasteiger partial charge >= 0.3 is 5.97 Å². The van der Waals surface area contributed by atoms with E-state index in [2.05, 4.69) is 5.32 Å². The largest absolute Gasteiger partial charge is 0.480 e. The normalized spacial score (nSPS) is 15.0. The number of carbonyl (C=O) groups excluding carboxylic acids is 1. The molecule has 0 saturated heterocycles. The van der Waals surface area contributed by atoms with Gasteiger partial charge in [-0.15, -0.1) is 11.8 Å². The molecule has 0 bridgehead atoms. The average Bonchev–Trinajstić information content (AvgIpc) is 2.43. The smallest absolute Gasteiger partial charge is 0.326 e. The molecule has 1 aromatic rings. The van der Waals surface area contributed by atoms with Gasteiger partial charge in [0.1, 0.15) is 6.04 Å². The maximum atomic E-state index is 12.2. The van der Waals surface area contributed by atoms with Crippen molar-refractivity contribution in [2.75, 3.05) is 0 Å². The number of carboxylic acid groups (broad SMARTS) is 1. The van der Waals surface area contributed by atoms with E-state index in [1.165, 1.54) is 11.8 Å². The molecule has 0 radical (unpaired) electrons. The second kappa shape index (κ2) is 8.08. The Labute approximate surface area is 130 Å². The van der Waals surface area contributed by atoms with Crippen molar-refractivity contribution < 1.29 is 14.7 Å². The van der Waals surface area contributed by atoms with Crippen molar-refractivity contribution in [2.45, 2.75) is 50.3 Å². The summed E-state index contributed by atoms with van der Waals surface area (Å²) < 4.78 is 0. The Morgan fingerprint density at radius 3 is 2.52 bits per heavy atom. The summed E-state index contributed by atoms with van der Waals surface area (Å²) in [7, 11) is 0. The van der Waals surface area contributed by atoms with Crippen molar-refractivity contribution >= 4 is 23.6 Å². The predicted molar refractivity (Wildman–Crippen MR) is 85.5 cm³/mol. The fourth-order valence-corrected chi connectivity index (χ4v) is 2.89. The highest BCUT2D eigenvalue weighted by atomic mass is 32.2. The predicted octanol–water partition coefficient (Wildman–Crippen LogP) is 3.09. The van der Waals surface area contributed by atoms with Gasteiger partial charge < -0.3 is 10.4 Å². The Bertz CT molecular complexity index is 504. The summed E-state index contributed by atoms with van der Waals surface area (Å²) in [6, 6.07) is 7.07. The minimum atomic E-state index is -0.981. The summed E-state index contributed by atoms with van der Waals surface area (Å²) in [5.41, 5.74) is 1.13. The number of aryl methyl sites for hydroxylation is 1. The second-order valence-electron chi connectivity index (χ2n) is 5.29. The van der Waals surface area contributed by atoms with Crippen LogP contribution in [0.5, 0.6) is 0 Å². The van der Waals surface area contributed by atoms with Gasteiger partial charge in [0, 0.05) is 4.90 Å². The van der Waals surface area contributed by atoms with Crippen LogP contribution in [0.1, 0.15) is 32.8 Å². The maximum Gasteiger partial charge on any atom is 0.326 e. The van der Waals surface area contributed by atoms with Crippen molar-refractivity contribution in [3.8, 4) is 0 Å². The van der Waals surface area contributed by atoms with Gasteiger partial charge in [-0.05, 0) is 31.9 Å². The summed E-state index contributed by atoms with van der Waals surface area (Å²) in [5, 5.41) is 11.5. The van der Waals surface area contributed by atoms with Crippen LogP contribution in [0.2, 0.25) is 0 Å². The van der Waals surface area contributed by atoms with Gasteiger partial charge in [-0.25, -0.2) is 4.79 Å². The Hall–Kier alpha value is -1.49. The van der Waals surface area contributed by atoms with Crippen molar-refractivity contribution in [1.29, 1.82) is 0 Å². The first-order valence-corrected chi connectivity index (χ1v) is 7.99. The molecule has 0 fully saturated rings. The van der Waals surface area contributed by atoms with Crippen LogP contribution in [0.4, 0.5) is 0 Å². The van der Waals surface area contributed by atoms with Crippen molar-refractivity contribution in [2.24, 2.45) is 5.92 Å². The fraction of sp³-hybridized carbons (Fsp3) is 0.500. The van der Waals surface area contributed by atoms with Crippen LogP contribution in [0.25, 0.3) is 0 Å². The van der Waals surface area contributed by atoms with Crippen LogP contribution in [-0.2, 0) is 9.59 Å². The first-order chi connectivity index (χ1) is 9.85. The number of carbonyl (C=O) groups is 2. The quantitative estimate of drug-likeness (QED) is 0.760. The Morgan fingerprint density at radius 2 is 2.00 bits per heavy atom. The van der Waals surface area contributed by atoms with Crippen molar-refractivity contribution in [3.63, 3.8) is 0 Å². The summed E-state index contributed by atoms with van der Waals surface area (Å²) in [6.07, 6.45) is 0.705. The highest BCUT2D eigenvalue weighted by Gasteiger charge is 2.27. The van der Waals surface area contributed by atoms with Crippen LogP contribution in [0.15, 0.2) is 29.2 Å². The molecule has 1 aromatic carbocycles. The molecule has 1 rings (SSSR count). The molecule has 4 nitrogen and oxygen atoms in total. The third-order valence-electron chi connectivity index (χ3n) is 3.45. The molecule has 116 valence electrons. The highest BCUT2D eigenvalue weighted by molar-refractivity contribution is 8.00. The molecule has 1 amide bonds. The van der Waals surface area contributed by atoms with Crippen LogP contribution >= 0.6 is 11.8 Å². The second-order valence-corrected chi connectivity index (χ2v) is 6.70. The molecule has 0 spiro atoms. The number of amides is 1. The lowest BCUT2D eigenvalue weighted by atomic mass is 9.99. The Morgan fingerprint density at radius 1 is 1.33 bits per heavy atom. The van der Waals surface area contributed by atoms with Gasteiger partial charge in [-0.3, -0.25) is 4.79 Å². The summed E-state index contributed by atoms with van der Waals surface area (Å²) >= 11 is 1.43. The molecule has 3 atom stereocenters. The molecule has 0 aliphatic carbocycles. The molecule has 21 heavy (non-hydrogen) atoms. The number of thioether (sulfide) groups is 1.